The van der Waals surface area contributed by atoms with Gasteiger partial charge in [-0.25, -0.2) is 0 Å². The maximum atomic E-state index is 12.4. The van der Waals surface area contributed by atoms with E-state index in [1.165, 1.54) is 5.56 Å². The number of fused-ring (bicyclic) bond motifs is 1. The van der Waals surface area contributed by atoms with E-state index >= 15 is 0 Å². The van der Waals surface area contributed by atoms with Crippen LogP contribution in [0.1, 0.15) is 31.2 Å². The van der Waals surface area contributed by atoms with Crippen molar-refractivity contribution in [2.24, 2.45) is 5.92 Å². The molecule has 1 saturated carbocycles. The van der Waals surface area contributed by atoms with Crippen molar-refractivity contribution >= 4 is 5.78 Å². The third-order valence-electron chi connectivity index (χ3n) is 6.55. The molecule has 2 bridgehead atoms. The zero-order valence-electron chi connectivity index (χ0n) is 15.5. The third kappa shape index (κ3) is 2.65. The van der Waals surface area contributed by atoms with Crippen LogP contribution < -0.4 is 4.74 Å². The molecular formula is C21H27NO4. The maximum absolute atomic E-state index is 12.4. The Balaban J connectivity index is 1.55. The van der Waals surface area contributed by atoms with Crippen LogP contribution in [0, 0.1) is 5.92 Å². The number of nitrogens with zero attached hydrogens (tertiary/aromatic N) is 1. The third-order valence-corrected chi connectivity index (χ3v) is 6.55. The molecule has 140 valence electrons. The summed E-state index contributed by atoms with van der Waals surface area (Å²) in [5, 5.41) is 11.0. The Hall–Kier alpha value is -1.85. The van der Waals surface area contributed by atoms with E-state index < -0.39 is 6.10 Å². The van der Waals surface area contributed by atoms with Crippen molar-refractivity contribution < 1.29 is 19.4 Å². The highest BCUT2D eigenvalue weighted by Gasteiger charge is 2.59. The highest BCUT2D eigenvalue weighted by molar-refractivity contribution is 5.83. The van der Waals surface area contributed by atoms with Crippen LogP contribution >= 0.6 is 0 Å². The molecule has 1 spiro atoms. The molecule has 26 heavy (non-hydrogen) atoms. The lowest BCUT2D eigenvalue weighted by atomic mass is 9.66. The van der Waals surface area contributed by atoms with Crippen molar-refractivity contribution in [1.82, 2.24) is 4.90 Å². The Morgan fingerprint density at radius 1 is 1.23 bits per heavy atom. The first-order valence-corrected chi connectivity index (χ1v) is 9.44. The first kappa shape index (κ1) is 17.6. The topological polar surface area (TPSA) is 59.0 Å². The number of hydrogen-bond acceptors (Lipinski definition) is 5. The summed E-state index contributed by atoms with van der Waals surface area (Å²) in [4.78, 5) is 14.8. The summed E-state index contributed by atoms with van der Waals surface area (Å²) < 4.78 is 10.9. The fourth-order valence-electron chi connectivity index (χ4n) is 5.19. The van der Waals surface area contributed by atoms with Crippen molar-refractivity contribution in [2.75, 3.05) is 20.8 Å². The number of rotatable bonds is 5. The van der Waals surface area contributed by atoms with Gasteiger partial charge in [0.25, 0.3) is 0 Å². The maximum Gasteiger partial charge on any atom is 0.138 e. The molecule has 0 amide bonds. The molecule has 2 fully saturated rings. The minimum atomic E-state index is -0.598. The van der Waals surface area contributed by atoms with E-state index in [0.717, 1.165) is 37.3 Å². The molecule has 3 aliphatic rings. The number of benzene rings is 1. The summed E-state index contributed by atoms with van der Waals surface area (Å²) in [6.07, 6.45) is 5.24. The van der Waals surface area contributed by atoms with E-state index in [9.17, 15) is 9.90 Å². The standard InChI is InChI=1S/C21H27NO4/c1-25-15-6-3-14(4-7-15)5-8-17-20(24)16-13-21(11-9-18(16)23)19(26-2)10-12-22(17)21/h3-4,6-7,10,16-17,20,24H,5,8-9,11-13H2,1-2H3/t16-,17-,20+,21-/m0/s1. The van der Waals surface area contributed by atoms with E-state index in [0.29, 0.717) is 12.8 Å². The van der Waals surface area contributed by atoms with E-state index in [1.54, 1.807) is 14.2 Å². The van der Waals surface area contributed by atoms with Crippen molar-refractivity contribution in [1.29, 1.82) is 0 Å². The lowest BCUT2D eigenvalue weighted by Gasteiger charge is -2.55. The average molecular weight is 357 g/mol. The number of Topliss-reactive ketones (excluding diaryl/α,β-unsaturated/α-hetero) is 1. The van der Waals surface area contributed by atoms with Gasteiger partial charge in [0.2, 0.25) is 0 Å². The van der Waals surface area contributed by atoms with E-state index in [2.05, 4.69) is 23.1 Å². The van der Waals surface area contributed by atoms with E-state index in [-0.39, 0.29) is 23.3 Å². The number of aliphatic hydroxyl groups excluding tert-OH is 1. The number of carbonyl (C=O) groups is 1. The normalized spacial score (nSPS) is 33.6. The van der Waals surface area contributed by atoms with Crippen LogP contribution in [0.15, 0.2) is 36.1 Å². The molecule has 1 aromatic rings. The number of aryl methyl sites for hydroxylation is 1. The monoisotopic (exact) mass is 357 g/mol. The lowest BCUT2D eigenvalue weighted by Crippen LogP contribution is -2.66. The summed E-state index contributed by atoms with van der Waals surface area (Å²) in [6.45, 7) is 0.786. The Labute approximate surface area is 154 Å². The van der Waals surface area contributed by atoms with Gasteiger partial charge in [-0.3, -0.25) is 9.69 Å². The van der Waals surface area contributed by atoms with Crippen molar-refractivity contribution in [2.45, 2.75) is 49.8 Å². The van der Waals surface area contributed by atoms with Crippen LogP contribution in [0.5, 0.6) is 5.75 Å². The second kappa shape index (κ2) is 6.71. The summed E-state index contributed by atoms with van der Waals surface area (Å²) in [5.41, 5.74) is 1.02. The number of ketones is 1. The number of methoxy groups -OCH3 is 2. The van der Waals surface area contributed by atoms with Crippen LogP contribution in [0.2, 0.25) is 0 Å². The fourth-order valence-corrected chi connectivity index (χ4v) is 5.19. The molecule has 1 aliphatic carbocycles. The highest BCUT2D eigenvalue weighted by Crippen LogP contribution is 2.51. The SMILES string of the molecule is COC1=CCN2[C@@H](CCc3ccc(OC)cc3)[C@H](O)[C@H]3C[C@@]12CCC3=O. The molecule has 1 saturated heterocycles. The van der Waals surface area contributed by atoms with Crippen LogP contribution in [0.25, 0.3) is 0 Å². The van der Waals surface area contributed by atoms with Gasteiger partial charge in [0.05, 0.1) is 25.9 Å². The molecule has 2 heterocycles. The Kier molecular flexibility index (Phi) is 4.53. The van der Waals surface area contributed by atoms with Gasteiger partial charge in [0, 0.05) is 24.9 Å². The van der Waals surface area contributed by atoms with Gasteiger partial charge >= 0.3 is 0 Å². The minimum absolute atomic E-state index is 0.0241. The summed E-state index contributed by atoms with van der Waals surface area (Å²) in [7, 11) is 3.38. The molecule has 1 N–H and O–H groups in total. The molecule has 4 rings (SSSR count). The van der Waals surface area contributed by atoms with Crippen LogP contribution in [-0.2, 0) is 16.0 Å². The van der Waals surface area contributed by atoms with Crippen molar-refractivity contribution in [3.63, 3.8) is 0 Å². The van der Waals surface area contributed by atoms with Gasteiger partial charge in [-0.05, 0) is 49.5 Å². The zero-order chi connectivity index (χ0) is 18.3. The van der Waals surface area contributed by atoms with E-state index in [4.69, 9.17) is 9.47 Å². The van der Waals surface area contributed by atoms with Gasteiger partial charge in [0.1, 0.15) is 17.3 Å². The number of aliphatic hydroxyl groups is 1. The number of ether oxygens (including phenoxy) is 2. The average Bonchev–Trinajstić information content (AvgIpc) is 3.02. The van der Waals surface area contributed by atoms with E-state index in [1.807, 2.05) is 12.1 Å². The smallest absolute Gasteiger partial charge is 0.138 e. The minimum Gasteiger partial charge on any atom is -0.499 e. The van der Waals surface area contributed by atoms with Crippen molar-refractivity contribution in [3.8, 4) is 5.75 Å². The largest absolute Gasteiger partial charge is 0.499 e. The second-order valence-electron chi connectivity index (χ2n) is 7.68. The molecule has 5 heteroatoms. The lowest BCUT2D eigenvalue weighted by molar-refractivity contribution is -0.151. The Morgan fingerprint density at radius 2 is 2.00 bits per heavy atom. The molecule has 0 aromatic heterocycles. The molecular weight excluding hydrogens is 330 g/mol. The number of hydrogen-bond donors (Lipinski definition) is 1. The van der Waals surface area contributed by atoms with Gasteiger partial charge in [-0.15, -0.1) is 0 Å². The number of piperidine rings is 1. The van der Waals surface area contributed by atoms with Crippen LogP contribution in [0.4, 0.5) is 0 Å². The fraction of sp³-hybridized carbons (Fsp3) is 0.571. The molecule has 0 unspecified atom stereocenters. The first-order chi connectivity index (χ1) is 12.6. The predicted octanol–water partition coefficient (Wildman–Crippen LogP) is 2.32. The zero-order valence-corrected chi connectivity index (χ0v) is 15.5. The van der Waals surface area contributed by atoms with Gasteiger partial charge < -0.3 is 14.6 Å². The summed E-state index contributed by atoms with van der Waals surface area (Å²) in [5.74, 6) is 1.77. The molecule has 0 radical (unpaired) electrons. The second-order valence-corrected chi connectivity index (χ2v) is 7.68. The Bertz CT molecular complexity index is 713. The quantitative estimate of drug-likeness (QED) is 0.876. The molecule has 2 aliphatic heterocycles. The van der Waals surface area contributed by atoms with Crippen molar-refractivity contribution in [3.05, 3.63) is 41.7 Å². The number of carbonyl (C=O) groups excluding carboxylic acids is 1. The Morgan fingerprint density at radius 3 is 2.69 bits per heavy atom. The van der Waals surface area contributed by atoms with Gasteiger partial charge in [0.15, 0.2) is 0 Å². The first-order valence-electron chi connectivity index (χ1n) is 9.44. The van der Waals surface area contributed by atoms with Gasteiger partial charge in [-0.2, -0.15) is 0 Å². The van der Waals surface area contributed by atoms with Crippen LogP contribution in [-0.4, -0.2) is 54.2 Å². The molecule has 4 atom stereocenters. The summed E-state index contributed by atoms with van der Waals surface area (Å²) >= 11 is 0. The summed E-state index contributed by atoms with van der Waals surface area (Å²) in [6, 6.07) is 8.04. The predicted molar refractivity (Wildman–Crippen MR) is 98.0 cm³/mol. The highest BCUT2D eigenvalue weighted by atomic mass is 16.5. The molecule has 5 nitrogen and oxygen atoms in total. The molecule has 1 aromatic carbocycles. The van der Waals surface area contributed by atoms with Gasteiger partial charge in [-0.1, -0.05) is 12.1 Å². The van der Waals surface area contributed by atoms with Crippen LogP contribution in [0.3, 0.4) is 0 Å².